The zero-order valence-electron chi connectivity index (χ0n) is 18.4. The highest BCUT2D eigenvalue weighted by Gasteiger charge is 2.18. The van der Waals surface area contributed by atoms with Crippen LogP contribution in [-0.4, -0.2) is 67.6 Å². The Bertz CT molecular complexity index is 757. The summed E-state index contributed by atoms with van der Waals surface area (Å²) in [5.41, 5.74) is 6.60. The first kappa shape index (κ1) is 23.2. The topological polar surface area (TPSA) is 110 Å². The summed E-state index contributed by atoms with van der Waals surface area (Å²) in [6.07, 6.45) is 4.81. The van der Waals surface area contributed by atoms with E-state index in [1.807, 2.05) is 30.1 Å². The predicted octanol–water partition coefficient (Wildman–Crippen LogP) is 2.27. The van der Waals surface area contributed by atoms with Gasteiger partial charge < -0.3 is 30.7 Å². The molecule has 0 aliphatic heterocycles. The van der Waals surface area contributed by atoms with Crippen LogP contribution in [0.3, 0.4) is 0 Å². The number of aromatic nitrogens is 3. The number of benzene rings is 1. The van der Waals surface area contributed by atoms with Crippen molar-refractivity contribution in [3.63, 3.8) is 0 Å². The molecule has 0 amide bonds. The van der Waals surface area contributed by atoms with Gasteiger partial charge in [-0.3, -0.25) is 0 Å². The van der Waals surface area contributed by atoms with E-state index in [1.165, 1.54) is 18.4 Å². The van der Waals surface area contributed by atoms with Crippen LogP contribution < -0.4 is 21.3 Å². The molecule has 1 aliphatic rings. The maximum atomic E-state index is 5.57. The SMILES string of the molecule is CN(Cc1ccccc1)c1nc(NCCOCCOCCN)nc(NC2CCCC2)n1. The molecule has 0 unspecified atom stereocenters. The predicted molar refractivity (Wildman–Crippen MR) is 123 cm³/mol. The van der Waals surface area contributed by atoms with E-state index in [1.54, 1.807) is 0 Å². The third-order valence-corrected chi connectivity index (χ3v) is 5.08. The highest BCUT2D eigenvalue weighted by atomic mass is 16.5. The summed E-state index contributed by atoms with van der Waals surface area (Å²) in [4.78, 5) is 15.9. The van der Waals surface area contributed by atoms with E-state index in [4.69, 9.17) is 15.2 Å². The Balaban J connectivity index is 1.58. The summed E-state index contributed by atoms with van der Waals surface area (Å²) in [6.45, 7) is 4.04. The lowest BCUT2D eigenvalue weighted by molar-refractivity contribution is 0.0547. The standard InChI is InChI=1S/C22H35N7O2/c1-29(17-18-7-3-2-4-8-18)22-27-20(24-12-14-31-16-15-30-13-11-23)26-21(28-22)25-19-9-5-6-10-19/h2-4,7-8,19H,5-6,9-17,23H2,1H3,(H2,24,25,26,27,28). The van der Waals surface area contributed by atoms with E-state index in [0.29, 0.717) is 63.4 Å². The van der Waals surface area contributed by atoms with Gasteiger partial charge in [-0.2, -0.15) is 15.0 Å². The molecule has 4 N–H and O–H groups in total. The summed E-state index contributed by atoms with van der Waals surface area (Å²) in [7, 11) is 2.00. The van der Waals surface area contributed by atoms with Gasteiger partial charge in [-0.15, -0.1) is 0 Å². The molecule has 0 spiro atoms. The number of nitrogens with two attached hydrogens (primary N) is 1. The van der Waals surface area contributed by atoms with Gasteiger partial charge in [-0.25, -0.2) is 0 Å². The Morgan fingerprint density at radius 3 is 2.42 bits per heavy atom. The molecule has 0 saturated heterocycles. The van der Waals surface area contributed by atoms with Crippen molar-refractivity contribution < 1.29 is 9.47 Å². The van der Waals surface area contributed by atoms with E-state index >= 15 is 0 Å². The van der Waals surface area contributed by atoms with Crippen LogP contribution in [0, 0.1) is 0 Å². The number of hydrogen-bond acceptors (Lipinski definition) is 9. The molecule has 9 nitrogen and oxygen atoms in total. The van der Waals surface area contributed by atoms with Crippen molar-refractivity contribution >= 4 is 17.8 Å². The zero-order valence-corrected chi connectivity index (χ0v) is 18.4. The van der Waals surface area contributed by atoms with E-state index in [2.05, 4.69) is 37.7 Å². The molecular weight excluding hydrogens is 394 g/mol. The summed E-state index contributed by atoms with van der Waals surface area (Å²) in [6, 6.07) is 10.7. The fourth-order valence-electron chi connectivity index (χ4n) is 3.50. The maximum absolute atomic E-state index is 5.57. The third-order valence-electron chi connectivity index (χ3n) is 5.08. The second kappa shape index (κ2) is 13.0. The van der Waals surface area contributed by atoms with Crippen LogP contribution in [-0.2, 0) is 16.0 Å². The van der Waals surface area contributed by atoms with Gasteiger partial charge in [0.2, 0.25) is 17.8 Å². The number of nitrogens with one attached hydrogen (secondary N) is 2. The van der Waals surface area contributed by atoms with Crippen molar-refractivity contribution in [2.75, 3.05) is 62.1 Å². The van der Waals surface area contributed by atoms with Crippen molar-refractivity contribution in [1.82, 2.24) is 15.0 Å². The number of anilines is 3. The average Bonchev–Trinajstić information content (AvgIpc) is 3.29. The van der Waals surface area contributed by atoms with Crippen molar-refractivity contribution in [3.05, 3.63) is 35.9 Å². The minimum Gasteiger partial charge on any atom is -0.378 e. The molecule has 0 bridgehead atoms. The lowest BCUT2D eigenvalue weighted by atomic mass is 10.2. The van der Waals surface area contributed by atoms with Crippen LogP contribution in [0.25, 0.3) is 0 Å². The molecule has 1 heterocycles. The monoisotopic (exact) mass is 429 g/mol. The second-order valence-electron chi connectivity index (χ2n) is 7.69. The summed E-state index contributed by atoms with van der Waals surface area (Å²) < 4.78 is 10.9. The number of ether oxygens (including phenoxy) is 2. The molecule has 2 aromatic rings. The Morgan fingerprint density at radius 1 is 0.968 bits per heavy atom. The molecule has 9 heteroatoms. The van der Waals surface area contributed by atoms with Crippen molar-refractivity contribution in [2.24, 2.45) is 5.73 Å². The van der Waals surface area contributed by atoms with Crippen LogP contribution in [0.4, 0.5) is 17.8 Å². The normalized spacial score (nSPS) is 14.0. The zero-order chi connectivity index (χ0) is 21.7. The average molecular weight is 430 g/mol. The summed E-state index contributed by atoms with van der Waals surface area (Å²) in [5, 5.41) is 6.74. The Morgan fingerprint density at radius 2 is 1.68 bits per heavy atom. The van der Waals surface area contributed by atoms with Gasteiger partial charge in [-0.05, 0) is 18.4 Å². The fraction of sp³-hybridized carbons (Fsp3) is 0.591. The maximum Gasteiger partial charge on any atom is 0.231 e. The molecule has 0 radical (unpaired) electrons. The Hall–Kier alpha value is -2.49. The van der Waals surface area contributed by atoms with Gasteiger partial charge in [-0.1, -0.05) is 43.2 Å². The van der Waals surface area contributed by atoms with Crippen LogP contribution in [0.5, 0.6) is 0 Å². The van der Waals surface area contributed by atoms with Crippen LogP contribution in [0.2, 0.25) is 0 Å². The fourth-order valence-corrected chi connectivity index (χ4v) is 3.50. The van der Waals surface area contributed by atoms with Crippen molar-refractivity contribution in [3.8, 4) is 0 Å². The Labute approximate surface area is 184 Å². The number of hydrogen-bond donors (Lipinski definition) is 3. The van der Waals surface area contributed by atoms with Crippen LogP contribution in [0.15, 0.2) is 30.3 Å². The molecule has 0 atom stereocenters. The van der Waals surface area contributed by atoms with Crippen molar-refractivity contribution in [2.45, 2.75) is 38.3 Å². The van der Waals surface area contributed by atoms with E-state index in [9.17, 15) is 0 Å². The minimum atomic E-state index is 0.430. The number of nitrogens with zero attached hydrogens (tertiary/aromatic N) is 4. The van der Waals surface area contributed by atoms with Gasteiger partial charge in [0, 0.05) is 32.7 Å². The molecule has 1 fully saturated rings. The van der Waals surface area contributed by atoms with Crippen LogP contribution >= 0.6 is 0 Å². The van der Waals surface area contributed by atoms with Gasteiger partial charge in [0.05, 0.1) is 26.4 Å². The molecule has 3 rings (SSSR count). The van der Waals surface area contributed by atoms with E-state index in [-0.39, 0.29) is 0 Å². The van der Waals surface area contributed by atoms with E-state index < -0.39 is 0 Å². The first-order valence-electron chi connectivity index (χ1n) is 11.1. The summed E-state index contributed by atoms with van der Waals surface area (Å²) in [5.74, 6) is 1.81. The van der Waals surface area contributed by atoms with Gasteiger partial charge in [0.15, 0.2) is 0 Å². The number of rotatable bonds is 14. The first-order chi connectivity index (χ1) is 15.2. The largest absolute Gasteiger partial charge is 0.378 e. The molecule has 1 aromatic carbocycles. The van der Waals surface area contributed by atoms with Crippen molar-refractivity contribution in [1.29, 1.82) is 0 Å². The van der Waals surface area contributed by atoms with Gasteiger partial charge in [0.25, 0.3) is 0 Å². The molecule has 170 valence electrons. The third kappa shape index (κ3) is 8.28. The Kier molecular flexibility index (Phi) is 9.75. The molecule has 1 saturated carbocycles. The minimum absolute atomic E-state index is 0.430. The van der Waals surface area contributed by atoms with Gasteiger partial charge in [0.1, 0.15) is 0 Å². The van der Waals surface area contributed by atoms with Crippen LogP contribution in [0.1, 0.15) is 31.2 Å². The highest BCUT2D eigenvalue weighted by Crippen LogP contribution is 2.22. The lowest BCUT2D eigenvalue weighted by Crippen LogP contribution is -2.24. The highest BCUT2D eigenvalue weighted by molar-refractivity contribution is 5.44. The van der Waals surface area contributed by atoms with Gasteiger partial charge >= 0.3 is 0 Å². The quantitative estimate of drug-likeness (QED) is 0.389. The lowest BCUT2D eigenvalue weighted by Gasteiger charge is -2.20. The van der Waals surface area contributed by atoms with E-state index in [0.717, 1.165) is 19.4 Å². The summed E-state index contributed by atoms with van der Waals surface area (Å²) >= 11 is 0. The second-order valence-corrected chi connectivity index (χ2v) is 7.69. The molecule has 1 aromatic heterocycles. The molecular formula is C22H35N7O2. The first-order valence-corrected chi connectivity index (χ1v) is 11.1. The molecule has 31 heavy (non-hydrogen) atoms. The molecule has 1 aliphatic carbocycles. The smallest absolute Gasteiger partial charge is 0.231 e.